The molecule has 0 aromatic rings. The van der Waals surface area contributed by atoms with Crippen LogP contribution in [0.2, 0.25) is 0 Å². The van der Waals surface area contributed by atoms with Gasteiger partial charge in [-0.2, -0.15) is 0 Å². The standard InChI is InChI=1S/C10H12N4O4/c1-3-4(14-6(3)12-9(14)17)5-10(2,18)7(15)13-8(16)11-5/h5-6,18H,1-2H3,(H,12,17)(H2,11,13,15,16)/t5-,6?,10+/m1/s1. The highest BCUT2D eigenvalue weighted by molar-refractivity contribution is 6.03. The van der Waals surface area contributed by atoms with Crippen molar-refractivity contribution in [1.29, 1.82) is 0 Å². The van der Waals surface area contributed by atoms with E-state index < -0.39 is 23.6 Å². The predicted octanol–water partition coefficient (Wildman–Crippen LogP) is -1.42. The summed E-state index contributed by atoms with van der Waals surface area (Å²) in [6.45, 7) is 3.09. The van der Waals surface area contributed by atoms with E-state index in [0.717, 1.165) is 5.57 Å². The van der Waals surface area contributed by atoms with Gasteiger partial charge in [0.25, 0.3) is 5.91 Å². The molecule has 3 heterocycles. The number of hydrogen-bond donors (Lipinski definition) is 4. The van der Waals surface area contributed by atoms with E-state index in [1.165, 1.54) is 11.8 Å². The minimum absolute atomic E-state index is 0.176. The van der Waals surface area contributed by atoms with Crippen molar-refractivity contribution >= 4 is 18.0 Å². The molecule has 0 aromatic heterocycles. The first kappa shape index (κ1) is 11.0. The number of rotatable bonds is 1. The summed E-state index contributed by atoms with van der Waals surface area (Å²) in [6.07, 6.45) is -0.176. The van der Waals surface area contributed by atoms with Crippen molar-refractivity contribution in [3.63, 3.8) is 0 Å². The van der Waals surface area contributed by atoms with E-state index in [1.807, 2.05) is 5.32 Å². The fourth-order valence-corrected chi connectivity index (χ4v) is 2.49. The van der Waals surface area contributed by atoms with Gasteiger partial charge in [0.15, 0.2) is 5.60 Å². The molecule has 3 aliphatic rings. The first-order chi connectivity index (χ1) is 8.34. The summed E-state index contributed by atoms with van der Waals surface area (Å²) in [6, 6.07) is -1.89. The van der Waals surface area contributed by atoms with Gasteiger partial charge in [0, 0.05) is 0 Å². The predicted molar refractivity (Wildman–Crippen MR) is 57.9 cm³/mol. The van der Waals surface area contributed by atoms with Gasteiger partial charge in [-0.15, -0.1) is 0 Å². The fraction of sp³-hybridized carbons (Fsp3) is 0.500. The third-order valence-corrected chi connectivity index (χ3v) is 3.61. The Hall–Kier alpha value is -2.09. The van der Waals surface area contributed by atoms with Crippen LogP contribution in [0.4, 0.5) is 9.59 Å². The zero-order valence-electron chi connectivity index (χ0n) is 9.77. The van der Waals surface area contributed by atoms with Crippen molar-refractivity contribution in [3.05, 3.63) is 11.3 Å². The van der Waals surface area contributed by atoms with E-state index >= 15 is 0 Å². The zero-order valence-corrected chi connectivity index (χ0v) is 9.77. The first-order valence-corrected chi connectivity index (χ1v) is 5.48. The Morgan fingerprint density at radius 3 is 2.56 bits per heavy atom. The molecule has 2 saturated heterocycles. The highest BCUT2D eigenvalue weighted by Gasteiger charge is 2.57. The van der Waals surface area contributed by atoms with Gasteiger partial charge in [-0.3, -0.25) is 15.0 Å². The molecular weight excluding hydrogens is 240 g/mol. The van der Waals surface area contributed by atoms with E-state index in [2.05, 4.69) is 10.6 Å². The van der Waals surface area contributed by atoms with Crippen LogP contribution in [0.1, 0.15) is 13.8 Å². The second-order valence-electron chi connectivity index (χ2n) is 4.80. The number of urea groups is 2. The fourth-order valence-electron chi connectivity index (χ4n) is 2.49. The minimum Gasteiger partial charge on any atom is -0.378 e. The summed E-state index contributed by atoms with van der Waals surface area (Å²) >= 11 is 0. The quantitative estimate of drug-likeness (QED) is 0.459. The number of imide groups is 1. The summed E-state index contributed by atoms with van der Waals surface area (Å²) in [5.41, 5.74) is -0.474. The topological polar surface area (TPSA) is 111 Å². The van der Waals surface area contributed by atoms with Crippen LogP contribution in [-0.2, 0) is 4.79 Å². The maximum Gasteiger partial charge on any atom is 0.325 e. The van der Waals surface area contributed by atoms with Crippen molar-refractivity contribution in [3.8, 4) is 0 Å². The maximum absolute atomic E-state index is 11.6. The second kappa shape index (κ2) is 3.02. The number of hydrogen-bond acceptors (Lipinski definition) is 4. The second-order valence-corrected chi connectivity index (χ2v) is 4.80. The Bertz CT molecular complexity index is 524. The normalized spacial score (nSPS) is 38.2. The third kappa shape index (κ3) is 1.10. The van der Waals surface area contributed by atoms with Gasteiger partial charge in [0.05, 0.1) is 5.70 Å². The number of carbonyl (C=O) groups excluding carboxylic acids is 3. The monoisotopic (exact) mass is 252 g/mol. The molecule has 1 unspecified atom stereocenters. The van der Waals surface area contributed by atoms with Gasteiger partial charge in [-0.05, 0) is 19.4 Å². The summed E-state index contributed by atoms with van der Waals surface area (Å²) < 4.78 is 0. The highest BCUT2D eigenvalue weighted by Crippen LogP contribution is 2.40. The smallest absolute Gasteiger partial charge is 0.325 e. The average Bonchev–Trinajstić information content (AvgIpc) is 2.27. The molecule has 5 amide bonds. The van der Waals surface area contributed by atoms with E-state index in [-0.39, 0.29) is 12.2 Å². The van der Waals surface area contributed by atoms with Crippen molar-refractivity contribution < 1.29 is 19.5 Å². The van der Waals surface area contributed by atoms with Gasteiger partial charge in [0.2, 0.25) is 0 Å². The SMILES string of the molecule is CC1=C([C@H]2NC(=O)NC(=O)[C@@]2(C)O)N2C(=O)NC12. The Kier molecular flexibility index (Phi) is 1.85. The molecule has 2 fully saturated rings. The number of fused-ring (bicyclic) bond motifs is 1. The number of nitrogens with zero attached hydrogens (tertiary/aromatic N) is 1. The molecule has 0 aromatic carbocycles. The molecule has 4 N–H and O–H groups in total. The van der Waals surface area contributed by atoms with E-state index in [1.54, 1.807) is 6.92 Å². The van der Waals surface area contributed by atoms with Gasteiger partial charge in [-0.25, -0.2) is 9.59 Å². The van der Waals surface area contributed by atoms with Crippen molar-refractivity contribution in [2.45, 2.75) is 31.7 Å². The van der Waals surface area contributed by atoms with Crippen LogP contribution in [0, 0.1) is 0 Å². The van der Waals surface area contributed by atoms with Crippen LogP contribution < -0.4 is 16.0 Å². The lowest BCUT2D eigenvalue weighted by atomic mass is 9.82. The van der Waals surface area contributed by atoms with Crippen LogP contribution in [0.15, 0.2) is 11.3 Å². The molecule has 0 saturated carbocycles. The van der Waals surface area contributed by atoms with Crippen LogP contribution in [0.5, 0.6) is 0 Å². The molecule has 8 nitrogen and oxygen atoms in total. The molecule has 3 aliphatic heterocycles. The number of aliphatic hydroxyl groups is 1. The number of carbonyl (C=O) groups is 3. The lowest BCUT2D eigenvalue weighted by Gasteiger charge is -2.56. The summed E-state index contributed by atoms with van der Waals surface area (Å²) in [5.74, 6) is -0.777. The Labute approximate surface area is 102 Å². The van der Waals surface area contributed by atoms with Gasteiger partial charge < -0.3 is 15.7 Å². The maximum atomic E-state index is 11.6. The lowest BCUT2D eigenvalue weighted by molar-refractivity contribution is -0.141. The number of amides is 5. The molecule has 3 rings (SSSR count). The van der Waals surface area contributed by atoms with Crippen LogP contribution >= 0.6 is 0 Å². The van der Waals surface area contributed by atoms with E-state index in [0.29, 0.717) is 5.70 Å². The van der Waals surface area contributed by atoms with E-state index in [9.17, 15) is 19.5 Å². The average molecular weight is 252 g/mol. The molecule has 0 radical (unpaired) electrons. The Balaban J connectivity index is 1.98. The molecule has 96 valence electrons. The highest BCUT2D eigenvalue weighted by atomic mass is 16.3. The molecule has 0 aliphatic carbocycles. The van der Waals surface area contributed by atoms with Crippen LogP contribution in [0.3, 0.4) is 0 Å². The van der Waals surface area contributed by atoms with Gasteiger partial charge in [0.1, 0.15) is 12.2 Å². The largest absolute Gasteiger partial charge is 0.378 e. The molecule has 8 heteroatoms. The zero-order chi connectivity index (χ0) is 13.2. The third-order valence-electron chi connectivity index (χ3n) is 3.61. The molecule has 0 spiro atoms. The first-order valence-electron chi connectivity index (χ1n) is 5.48. The summed E-state index contributed by atoms with van der Waals surface area (Å²) in [7, 11) is 0. The molecule has 18 heavy (non-hydrogen) atoms. The van der Waals surface area contributed by atoms with Crippen molar-refractivity contribution in [2.75, 3.05) is 0 Å². The summed E-state index contributed by atoms with van der Waals surface area (Å²) in [5, 5.41) is 17.3. The molecule has 3 atom stereocenters. The number of nitrogens with one attached hydrogen (secondary N) is 3. The van der Waals surface area contributed by atoms with Crippen molar-refractivity contribution in [2.24, 2.45) is 0 Å². The van der Waals surface area contributed by atoms with Gasteiger partial charge in [-0.1, -0.05) is 0 Å². The Morgan fingerprint density at radius 1 is 1.28 bits per heavy atom. The lowest BCUT2D eigenvalue weighted by Crippen LogP contribution is -2.78. The van der Waals surface area contributed by atoms with Crippen LogP contribution in [0.25, 0.3) is 0 Å². The van der Waals surface area contributed by atoms with Crippen LogP contribution in [-0.4, -0.2) is 45.8 Å². The molecular formula is C10H12N4O4. The van der Waals surface area contributed by atoms with E-state index in [4.69, 9.17) is 0 Å². The van der Waals surface area contributed by atoms with Crippen molar-refractivity contribution in [1.82, 2.24) is 20.9 Å². The molecule has 0 bridgehead atoms. The summed E-state index contributed by atoms with van der Waals surface area (Å²) in [4.78, 5) is 35.7. The Morgan fingerprint density at radius 2 is 1.94 bits per heavy atom. The minimum atomic E-state index is -1.79. The van der Waals surface area contributed by atoms with Gasteiger partial charge >= 0.3 is 12.1 Å².